The van der Waals surface area contributed by atoms with Gasteiger partial charge in [0.15, 0.2) is 5.13 Å². The van der Waals surface area contributed by atoms with Crippen LogP contribution in [0.25, 0.3) is 0 Å². The lowest BCUT2D eigenvalue weighted by molar-refractivity contribution is -0.115. The lowest BCUT2D eigenvalue weighted by Gasteiger charge is -2.12. The van der Waals surface area contributed by atoms with Gasteiger partial charge in [-0.05, 0) is 44.0 Å². The van der Waals surface area contributed by atoms with Crippen LogP contribution in [0.1, 0.15) is 22.4 Å². The summed E-state index contributed by atoms with van der Waals surface area (Å²) in [5.74, 6) is 0.576. The Labute approximate surface area is 161 Å². The van der Waals surface area contributed by atoms with Crippen LogP contribution in [0.4, 0.5) is 16.6 Å². The minimum absolute atomic E-state index is 0.0819. The van der Waals surface area contributed by atoms with Gasteiger partial charge >= 0.3 is 0 Å². The first-order valence-corrected chi connectivity index (χ1v) is 9.37. The Morgan fingerprint density at radius 3 is 2.58 bits per heavy atom. The molecule has 5 nitrogen and oxygen atoms in total. The van der Waals surface area contributed by atoms with E-state index in [1.165, 1.54) is 16.9 Å². The number of aromatic nitrogens is 2. The molecule has 3 rings (SSSR count). The lowest BCUT2D eigenvalue weighted by atomic mass is 10.0. The summed E-state index contributed by atoms with van der Waals surface area (Å²) in [6, 6.07) is 7.66. The highest BCUT2D eigenvalue weighted by molar-refractivity contribution is 7.13. The average Bonchev–Trinajstić information content (AvgIpc) is 3.00. The number of amides is 1. The molecule has 0 saturated heterocycles. The SMILES string of the molecule is Cc1cc(C)c(NC(=O)Cc2csc(Nc3ccc(Cl)cn3)n2)c(C)c1. The number of aryl methyl sites for hydroxylation is 3. The molecule has 0 bridgehead atoms. The van der Waals surface area contributed by atoms with E-state index in [0.717, 1.165) is 16.8 Å². The minimum atomic E-state index is -0.0819. The summed E-state index contributed by atoms with van der Waals surface area (Å²) >= 11 is 7.26. The number of nitrogens with zero attached hydrogens (tertiary/aromatic N) is 2. The van der Waals surface area contributed by atoms with Crippen molar-refractivity contribution < 1.29 is 4.79 Å². The van der Waals surface area contributed by atoms with Gasteiger partial charge in [0, 0.05) is 17.3 Å². The van der Waals surface area contributed by atoms with Crippen LogP contribution in [0.15, 0.2) is 35.8 Å². The van der Waals surface area contributed by atoms with Crippen LogP contribution >= 0.6 is 22.9 Å². The van der Waals surface area contributed by atoms with Crippen molar-refractivity contribution in [2.75, 3.05) is 10.6 Å². The number of benzene rings is 1. The fourth-order valence-electron chi connectivity index (χ4n) is 2.73. The second kappa shape index (κ2) is 7.85. The van der Waals surface area contributed by atoms with Crippen molar-refractivity contribution in [3.05, 3.63) is 63.2 Å². The summed E-state index contributed by atoms with van der Waals surface area (Å²) in [6.45, 7) is 6.05. The van der Waals surface area contributed by atoms with Crippen molar-refractivity contribution >= 4 is 45.5 Å². The highest BCUT2D eigenvalue weighted by atomic mass is 35.5. The van der Waals surface area contributed by atoms with Crippen molar-refractivity contribution in [2.45, 2.75) is 27.2 Å². The number of carbonyl (C=O) groups is 1. The molecule has 0 radical (unpaired) electrons. The third kappa shape index (κ3) is 4.59. The van der Waals surface area contributed by atoms with Gasteiger partial charge in [-0.1, -0.05) is 29.3 Å². The van der Waals surface area contributed by atoms with Gasteiger partial charge in [0.2, 0.25) is 5.91 Å². The molecule has 26 heavy (non-hydrogen) atoms. The highest BCUT2D eigenvalue weighted by Gasteiger charge is 2.11. The van der Waals surface area contributed by atoms with E-state index < -0.39 is 0 Å². The molecule has 0 fully saturated rings. The van der Waals surface area contributed by atoms with E-state index in [0.29, 0.717) is 21.7 Å². The number of anilines is 3. The number of nitrogens with one attached hydrogen (secondary N) is 2. The number of halogens is 1. The third-order valence-corrected chi connectivity index (χ3v) is 4.83. The zero-order chi connectivity index (χ0) is 18.7. The maximum Gasteiger partial charge on any atom is 0.230 e. The molecule has 2 aromatic heterocycles. The summed E-state index contributed by atoms with van der Waals surface area (Å²) in [5, 5.41) is 9.23. The minimum Gasteiger partial charge on any atom is -0.325 e. The Morgan fingerprint density at radius 2 is 1.92 bits per heavy atom. The van der Waals surface area contributed by atoms with E-state index in [9.17, 15) is 4.79 Å². The van der Waals surface area contributed by atoms with Gasteiger partial charge in [0.25, 0.3) is 0 Å². The molecule has 2 N–H and O–H groups in total. The second-order valence-electron chi connectivity index (χ2n) is 6.13. The lowest BCUT2D eigenvalue weighted by Crippen LogP contribution is -2.16. The Morgan fingerprint density at radius 1 is 1.19 bits per heavy atom. The molecule has 0 aliphatic rings. The Hall–Kier alpha value is -2.44. The summed E-state index contributed by atoms with van der Waals surface area (Å²) in [5.41, 5.74) is 4.89. The van der Waals surface area contributed by atoms with Crippen LogP contribution in [0.5, 0.6) is 0 Å². The molecule has 0 atom stereocenters. The standard InChI is InChI=1S/C19H19ClN4OS/c1-11-6-12(2)18(13(3)7-11)24-17(25)8-15-10-26-19(22-15)23-16-5-4-14(20)9-21-16/h4-7,9-10H,8H2,1-3H3,(H,24,25)(H,21,22,23). The number of hydrogen-bond donors (Lipinski definition) is 2. The van der Waals surface area contributed by atoms with Crippen LogP contribution in [-0.4, -0.2) is 15.9 Å². The summed E-state index contributed by atoms with van der Waals surface area (Å²) in [6.07, 6.45) is 1.79. The summed E-state index contributed by atoms with van der Waals surface area (Å²) < 4.78 is 0. The molecule has 134 valence electrons. The first-order valence-electron chi connectivity index (χ1n) is 8.11. The average molecular weight is 387 g/mol. The fraction of sp³-hybridized carbons (Fsp3) is 0.211. The fourth-order valence-corrected chi connectivity index (χ4v) is 3.56. The molecule has 0 aliphatic carbocycles. The summed E-state index contributed by atoms with van der Waals surface area (Å²) in [4.78, 5) is 21.0. The molecule has 0 aliphatic heterocycles. The quantitative estimate of drug-likeness (QED) is 0.644. The van der Waals surface area contributed by atoms with Crippen LogP contribution in [0.3, 0.4) is 0 Å². The topological polar surface area (TPSA) is 66.9 Å². The van der Waals surface area contributed by atoms with Gasteiger partial charge in [0.05, 0.1) is 17.1 Å². The molecular weight excluding hydrogens is 368 g/mol. The Kier molecular flexibility index (Phi) is 5.54. The van der Waals surface area contributed by atoms with E-state index in [1.807, 2.05) is 26.2 Å². The molecule has 0 unspecified atom stereocenters. The number of thiazole rings is 1. The van der Waals surface area contributed by atoms with E-state index in [4.69, 9.17) is 11.6 Å². The van der Waals surface area contributed by atoms with Crippen molar-refractivity contribution in [2.24, 2.45) is 0 Å². The molecule has 3 aromatic rings. The monoisotopic (exact) mass is 386 g/mol. The van der Waals surface area contributed by atoms with Crippen LogP contribution < -0.4 is 10.6 Å². The summed E-state index contributed by atoms with van der Waals surface area (Å²) in [7, 11) is 0. The van der Waals surface area contributed by atoms with Gasteiger partial charge in [-0.15, -0.1) is 11.3 Å². The smallest absolute Gasteiger partial charge is 0.230 e. The van der Waals surface area contributed by atoms with Crippen molar-refractivity contribution in [3.63, 3.8) is 0 Å². The highest BCUT2D eigenvalue weighted by Crippen LogP contribution is 2.23. The predicted molar refractivity (Wildman–Crippen MR) is 108 cm³/mol. The zero-order valence-corrected chi connectivity index (χ0v) is 16.3. The Balaban J connectivity index is 1.64. The first kappa shape index (κ1) is 18.4. The number of pyridine rings is 1. The van der Waals surface area contributed by atoms with Crippen LogP contribution in [0, 0.1) is 20.8 Å². The van der Waals surface area contributed by atoms with E-state index in [-0.39, 0.29) is 12.3 Å². The molecule has 2 heterocycles. The van der Waals surface area contributed by atoms with Gasteiger partial charge in [-0.2, -0.15) is 0 Å². The molecule has 0 saturated carbocycles. The number of rotatable bonds is 5. The second-order valence-corrected chi connectivity index (χ2v) is 7.42. The normalized spacial score (nSPS) is 10.6. The van der Waals surface area contributed by atoms with Crippen molar-refractivity contribution in [1.82, 2.24) is 9.97 Å². The molecule has 0 spiro atoms. The third-order valence-electron chi connectivity index (χ3n) is 3.80. The van der Waals surface area contributed by atoms with Crippen LogP contribution in [-0.2, 0) is 11.2 Å². The number of hydrogen-bond acceptors (Lipinski definition) is 5. The van der Waals surface area contributed by atoms with Gasteiger partial charge < -0.3 is 10.6 Å². The maximum absolute atomic E-state index is 12.4. The van der Waals surface area contributed by atoms with E-state index >= 15 is 0 Å². The Bertz CT molecular complexity index is 914. The van der Waals surface area contributed by atoms with Crippen molar-refractivity contribution in [1.29, 1.82) is 0 Å². The van der Waals surface area contributed by atoms with E-state index in [1.54, 1.807) is 18.3 Å². The molecule has 1 amide bonds. The van der Waals surface area contributed by atoms with Crippen LogP contribution in [0.2, 0.25) is 5.02 Å². The number of carbonyl (C=O) groups excluding carboxylic acids is 1. The largest absolute Gasteiger partial charge is 0.325 e. The van der Waals surface area contributed by atoms with Gasteiger partial charge in [0.1, 0.15) is 5.82 Å². The molecule has 1 aromatic carbocycles. The predicted octanol–water partition coefficient (Wildman–Crippen LogP) is 5.04. The molecular formula is C19H19ClN4OS. The maximum atomic E-state index is 12.4. The van der Waals surface area contributed by atoms with Crippen molar-refractivity contribution in [3.8, 4) is 0 Å². The zero-order valence-electron chi connectivity index (χ0n) is 14.8. The van der Waals surface area contributed by atoms with E-state index in [2.05, 4.69) is 32.7 Å². The first-order chi connectivity index (χ1) is 12.4. The molecule has 7 heteroatoms. The van der Waals surface area contributed by atoms with Gasteiger partial charge in [-0.25, -0.2) is 9.97 Å². The van der Waals surface area contributed by atoms with Gasteiger partial charge in [-0.3, -0.25) is 4.79 Å².